The average molecular weight is 258 g/mol. The lowest BCUT2D eigenvalue weighted by molar-refractivity contribution is -0.189. The van der Waals surface area contributed by atoms with E-state index in [1.165, 1.54) is 6.42 Å². The Hall–Kier alpha value is -0.610. The van der Waals surface area contributed by atoms with Gasteiger partial charge >= 0.3 is 5.97 Å². The molecule has 0 aromatic carbocycles. The number of hydrogen-bond donors (Lipinski definition) is 1. The van der Waals surface area contributed by atoms with Crippen LogP contribution in [0.1, 0.15) is 46.0 Å². The van der Waals surface area contributed by atoms with Crippen LogP contribution in [0.15, 0.2) is 0 Å². The second kappa shape index (κ2) is 6.53. The van der Waals surface area contributed by atoms with E-state index < -0.39 is 17.7 Å². The molecule has 0 aromatic heterocycles. The number of rotatable bonds is 6. The molecular formula is C14H26O4. The smallest absolute Gasteiger partial charge is 0.310 e. The lowest BCUT2D eigenvalue weighted by atomic mass is 9.63. The monoisotopic (exact) mass is 258 g/mol. The first kappa shape index (κ1) is 15.4. The summed E-state index contributed by atoms with van der Waals surface area (Å²) in [6.07, 6.45) is 5.00. The maximum Gasteiger partial charge on any atom is 0.310 e. The minimum absolute atomic E-state index is 0.173. The zero-order chi connectivity index (χ0) is 13.8. The van der Waals surface area contributed by atoms with E-state index in [9.17, 15) is 9.90 Å². The van der Waals surface area contributed by atoms with Gasteiger partial charge in [-0.3, -0.25) is 4.79 Å². The summed E-state index contributed by atoms with van der Waals surface area (Å²) in [6, 6.07) is 0. The van der Waals surface area contributed by atoms with Gasteiger partial charge in [0.2, 0.25) is 0 Å². The zero-order valence-electron chi connectivity index (χ0n) is 11.9. The Morgan fingerprint density at radius 3 is 2.11 bits per heavy atom. The first-order valence-electron chi connectivity index (χ1n) is 6.77. The Bertz CT molecular complexity index is 269. The molecule has 0 aromatic rings. The molecule has 1 N–H and O–H groups in total. The summed E-state index contributed by atoms with van der Waals surface area (Å²) < 4.78 is 10.5. The quantitative estimate of drug-likeness (QED) is 0.744. The van der Waals surface area contributed by atoms with E-state index in [1.807, 2.05) is 13.8 Å². The van der Waals surface area contributed by atoms with Crippen LogP contribution in [-0.2, 0) is 14.3 Å². The topological polar surface area (TPSA) is 55.8 Å². The molecule has 0 spiro atoms. The number of aliphatic carboxylic acids is 1. The maximum absolute atomic E-state index is 11.8. The summed E-state index contributed by atoms with van der Waals surface area (Å²) in [5.41, 5.74) is -0.781. The molecule has 0 saturated heterocycles. The molecule has 1 fully saturated rings. The molecule has 1 saturated carbocycles. The number of carboxylic acid groups (broad SMARTS) is 1. The van der Waals surface area contributed by atoms with Crippen molar-refractivity contribution >= 4 is 5.97 Å². The molecule has 0 amide bonds. The molecule has 1 rings (SSSR count). The second-order valence-corrected chi connectivity index (χ2v) is 5.55. The lowest BCUT2D eigenvalue weighted by Gasteiger charge is -2.42. The van der Waals surface area contributed by atoms with Crippen molar-refractivity contribution in [3.05, 3.63) is 0 Å². The third-order valence-corrected chi connectivity index (χ3v) is 4.73. The first-order valence-corrected chi connectivity index (χ1v) is 6.77. The number of carboxylic acids is 1. The van der Waals surface area contributed by atoms with Gasteiger partial charge in [-0.2, -0.15) is 0 Å². The van der Waals surface area contributed by atoms with Gasteiger partial charge in [0.1, 0.15) is 0 Å². The minimum Gasteiger partial charge on any atom is -0.481 e. The van der Waals surface area contributed by atoms with Crippen LogP contribution in [0, 0.1) is 17.3 Å². The normalized spacial score (nSPS) is 22.7. The van der Waals surface area contributed by atoms with Crippen molar-refractivity contribution in [1.82, 2.24) is 0 Å². The van der Waals surface area contributed by atoms with Gasteiger partial charge in [0.05, 0.1) is 5.41 Å². The van der Waals surface area contributed by atoms with E-state index >= 15 is 0 Å². The fraction of sp³-hybridized carbons (Fsp3) is 0.929. The van der Waals surface area contributed by atoms with Crippen molar-refractivity contribution in [2.45, 2.75) is 52.2 Å². The molecule has 0 radical (unpaired) electrons. The van der Waals surface area contributed by atoms with Crippen molar-refractivity contribution in [2.75, 3.05) is 14.2 Å². The van der Waals surface area contributed by atoms with Gasteiger partial charge in [0.25, 0.3) is 0 Å². The standard InChI is InChI=1S/C14H26O4/c1-10(12(17-3)18-4)14(2,13(15)16)11-8-6-5-7-9-11/h10-12H,5-9H2,1-4H3,(H,15,16). The minimum atomic E-state index is -0.781. The van der Waals surface area contributed by atoms with Crippen molar-refractivity contribution < 1.29 is 19.4 Å². The molecule has 18 heavy (non-hydrogen) atoms. The summed E-state index contributed by atoms with van der Waals surface area (Å²) in [5.74, 6) is -0.694. The fourth-order valence-electron chi connectivity index (χ4n) is 3.23. The molecule has 2 atom stereocenters. The summed E-state index contributed by atoms with van der Waals surface area (Å²) >= 11 is 0. The molecule has 4 nitrogen and oxygen atoms in total. The molecule has 1 aliphatic carbocycles. The summed E-state index contributed by atoms with van der Waals surface area (Å²) in [5, 5.41) is 9.68. The SMILES string of the molecule is COC(OC)C(C)C(C)(C(=O)O)C1CCCCC1. The molecular weight excluding hydrogens is 232 g/mol. The second-order valence-electron chi connectivity index (χ2n) is 5.55. The Morgan fingerprint density at radius 1 is 1.22 bits per heavy atom. The van der Waals surface area contributed by atoms with E-state index in [0.717, 1.165) is 25.7 Å². The molecule has 4 heteroatoms. The number of hydrogen-bond acceptors (Lipinski definition) is 3. The fourth-order valence-corrected chi connectivity index (χ4v) is 3.23. The van der Waals surface area contributed by atoms with Crippen molar-refractivity contribution in [2.24, 2.45) is 17.3 Å². The Balaban J connectivity index is 2.94. The van der Waals surface area contributed by atoms with Crippen LogP contribution in [-0.4, -0.2) is 31.6 Å². The molecule has 2 unspecified atom stereocenters. The van der Waals surface area contributed by atoms with E-state index in [0.29, 0.717) is 0 Å². The maximum atomic E-state index is 11.8. The van der Waals surface area contributed by atoms with Crippen LogP contribution in [0.25, 0.3) is 0 Å². The Labute approximate surface area is 110 Å². The van der Waals surface area contributed by atoms with Crippen molar-refractivity contribution in [1.29, 1.82) is 0 Å². The molecule has 0 bridgehead atoms. The van der Waals surface area contributed by atoms with Crippen molar-refractivity contribution in [3.8, 4) is 0 Å². The van der Waals surface area contributed by atoms with E-state index in [1.54, 1.807) is 14.2 Å². The van der Waals surface area contributed by atoms with Crippen LogP contribution >= 0.6 is 0 Å². The van der Waals surface area contributed by atoms with Gasteiger partial charge < -0.3 is 14.6 Å². The first-order chi connectivity index (χ1) is 8.48. The van der Waals surface area contributed by atoms with E-state index in [-0.39, 0.29) is 11.8 Å². The Morgan fingerprint density at radius 2 is 1.72 bits per heavy atom. The predicted octanol–water partition coefficient (Wildman–Crippen LogP) is 2.91. The van der Waals surface area contributed by atoms with Gasteiger partial charge in [0.15, 0.2) is 6.29 Å². The zero-order valence-corrected chi connectivity index (χ0v) is 11.9. The Kier molecular flexibility index (Phi) is 5.60. The van der Waals surface area contributed by atoms with Gasteiger partial charge in [-0.05, 0) is 25.7 Å². The summed E-state index contributed by atoms with van der Waals surface area (Å²) in [6.45, 7) is 3.77. The molecule has 0 aliphatic heterocycles. The van der Waals surface area contributed by atoms with Crippen LogP contribution < -0.4 is 0 Å². The van der Waals surface area contributed by atoms with Crippen molar-refractivity contribution in [3.63, 3.8) is 0 Å². The molecule has 1 aliphatic rings. The van der Waals surface area contributed by atoms with Gasteiger partial charge in [0, 0.05) is 20.1 Å². The van der Waals surface area contributed by atoms with Crippen LogP contribution in [0.3, 0.4) is 0 Å². The summed E-state index contributed by atoms with van der Waals surface area (Å²) in [4.78, 5) is 11.8. The highest BCUT2D eigenvalue weighted by Gasteiger charge is 2.49. The van der Waals surface area contributed by atoms with Crippen LogP contribution in [0.2, 0.25) is 0 Å². The predicted molar refractivity (Wildman–Crippen MR) is 69.3 cm³/mol. The van der Waals surface area contributed by atoms with E-state index in [2.05, 4.69) is 0 Å². The van der Waals surface area contributed by atoms with Gasteiger partial charge in [-0.25, -0.2) is 0 Å². The van der Waals surface area contributed by atoms with Crippen LogP contribution in [0.4, 0.5) is 0 Å². The third-order valence-electron chi connectivity index (χ3n) is 4.73. The lowest BCUT2D eigenvalue weighted by Crippen LogP contribution is -2.47. The van der Waals surface area contributed by atoms with Gasteiger partial charge in [-0.1, -0.05) is 26.2 Å². The van der Waals surface area contributed by atoms with Crippen LogP contribution in [0.5, 0.6) is 0 Å². The third kappa shape index (κ3) is 2.86. The summed E-state index contributed by atoms with van der Waals surface area (Å²) in [7, 11) is 3.13. The highest BCUT2D eigenvalue weighted by Crippen LogP contribution is 2.45. The molecule has 0 heterocycles. The highest BCUT2D eigenvalue weighted by atomic mass is 16.7. The number of methoxy groups -OCH3 is 2. The van der Waals surface area contributed by atoms with E-state index in [4.69, 9.17) is 9.47 Å². The average Bonchev–Trinajstić information content (AvgIpc) is 2.39. The number of carbonyl (C=O) groups is 1. The number of ether oxygens (including phenoxy) is 2. The largest absolute Gasteiger partial charge is 0.481 e. The highest BCUT2D eigenvalue weighted by molar-refractivity contribution is 5.75. The molecule has 106 valence electrons. The van der Waals surface area contributed by atoms with Gasteiger partial charge in [-0.15, -0.1) is 0 Å².